The van der Waals surface area contributed by atoms with E-state index in [2.05, 4.69) is 15.5 Å². The van der Waals surface area contributed by atoms with Crippen molar-refractivity contribution < 1.29 is 4.79 Å². The molecule has 0 aliphatic heterocycles. The molecule has 1 saturated carbocycles. The number of carbonyl (C=O) groups is 1. The van der Waals surface area contributed by atoms with E-state index >= 15 is 0 Å². The number of rotatable bonds is 4. The fourth-order valence-corrected chi connectivity index (χ4v) is 2.39. The van der Waals surface area contributed by atoms with Crippen molar-refractivity contribution in [2.75, 3.05) is 0 Å². The van der Waals surface area contributed by atoms with E-state index in [1.165, 1.54) is 12.8 Å². The van der Waals surface area contributed by atoms with Crippen LogP contribution in [0, 0.1) is 0 Å². The van der Waals surface area contributed by atoms with Gasteiger partial charge in [-0.25, -0.2) is 0 Å². The molecule has 4 nitrogen and oxygen atoms in total. The van der Waals surface area contributed by atoms with Crippen LogP contribution in [0.3, 0.4) is 0 Å². The summed E-state index contributed by atoms with van der Waals surface area (Å²) in [5.41, 5.74) is 2.70. The summed E-state index contributed by atoms with van der Waals surface area (Å²) in [4.78, 5) is 11.8. The molecule has 1 amide bonds. The van der Waals surface area contributed by atoms with Crippen LogP contribution in [-0.4, -0.2) is 16.1 Å². The SMILES string of the molecule is O=C(NCc1ccsc1)c1cc(C2CC2)[nH]n1. The van der Waals surface area contributed by atoms with Gasteiger partial charge in [-0.1, -0.05) is 0 Å². The predicted octanol–water partition coefficient (Wildman–Crippen LogP) is 2.28. The number of aromatic nitrogens is 2. The van der Waals surface area contributed by atoms with Gasteiger partial charge in [-0.05, 0) is 41.3 Å². The minimum Gasteiger partial charge on any atom is -0.347 e. The van der Waals surface area contributed by atoms with Crippen LogP contribution in [0.5, 0.6) is 0 Å². The topological polar surface area (TPSA) is 57.8 Å². The number of carbonyl (C=O) groups excluding carboxylic acids is 1. The molecule has 0 aromatic carbocycles. The Hall–Kier alpha value is -1.62. The summed E-state index contributed by atoms with van der Waals surface area (Å²) < 4.78 is 0. The second kappa shape index (κ2) is 4.33. The zero-order chi connectivity index (χ0) is 11.7. The lowest BCUT2D eigenvalue weighted by Gasteiger charge is -1.99. The lowest BCUT2D eigenvalue weighted by Crippen LogP contribution is -2.22. The first-order valence-electron chi connectivity index (χ1n) is 5.67. The van der Waals surface area contributed by atoms with Gasteiger partial charge in [-0.2, -0.15) is 16.4 Å². The van der Waals surface area contributed by atoms with Gasteiger partial charge in [0, 0.05) is 18.2 Å². The number of nitrogens with zero attached hydrogens (tertiary/aromatic N) is 1. The molecule has 0 spiro atoms. The molecule has 0 bridgehead atoms. The quantitative estimate of drug-likeness (QED) is 0.870. The number of thiophene rings is 1. The average Bonchev–Trinajstić information content (AvgIpc) is 2.88. The van der Waals surface area contributed by atoms with E-state index in [0.29, 0.717) is 18.2 Å². The molecule has 2 aromatic rings. The predicted molar refractivity (Wildman–Crippen MR) is 66.1 cm³/mol. The Morgan fingerprint density at radius 2 is 2.47 bits per heavy atom. The fraction of sp³-hybridized carbons (Fsp3) is 0.333. The monoisotopic (exact) mass is 247 g/mol. The van der Waals surface area contributed by atoms with Gasteiger partial charge in [0.05, 0.1) is 0 Å². The van der Waals surface area contributed by atoms with E-state index in [4.69, 9.17) is 0 Å². The van der Waals surface area contributed by atoms with Crippen LogP contribution in [0.15, 0.2) is 22.9 Å². The summed E-state index contributed by atoms with van der Waals surface area (Å²) >= 11 is 1.63. The van der Waals surface area contributed by atoms with Gasteiger partial charge in [0.1, 0.15) is 5.69 Å². The highest BCUT2D eigenvalue weighted by atomic mass is 32.1. The number of hydrogen-bond donors (Lipinski definition) is 2. The normalized spacial score (nSPS) is 14.8. The maximum absolute atomic E-state index is 11.8. The Morgan fingerprint density at radius 3 is 3.18 bits per heavy atom. The minimum atomic E-state index is -0.112. The first kappa shape index (κ1) is 10.5. The zero-order valence-corrected chi connectivity index (χ0v) is 10.1. The van der Waals surface area contributed by atoms with Crippen LogP contribution < -0.4 is 5.32 Å². The van der Waals surface area contributed by atoms with Crippen molar-refractivity contribution in [3.05, 3.63) is 39.8 Å². The number of nitrogens with one attached hydrogen (secondary N) is 2. The lowest BCUT2D eigenvalue weighted by molar-refractivity contribution is 0.0946. The highest BCUT2D eigenvalue weighted by Gasteiger charge is 2.26. The lowest BCUT2D eigenvalue weighted by atomic mass is 10.2. The summed E-state index contributed by atoms with van der Waals surface area (Å²) in [5, 5.41) is 13.9. The molecule has 1 fully saturated rings. The average molecular weight is 247 g/mol. The van der Waals surface area contributed by atoms with Crippen molar-refractivity contribution >= 4 is 17.2 Å². The van der Waals surface area contributed by atoms with Crippen molar-refractivity contribution in [2.24, 2.45) is 0 Å². The Balaban J connectivity index is 1.60. The molecule has 2 N–H and O–H groups in total. The molecule has 0 unspecified atom stereocenters. The van der Waals surface area contributed by atoms with Crippen LogP contribution in [0.2, 0.25) is 0 Å². The number of H-pyrrole nitrogens is 1. The van der Waals surface area contributed by atoms with Crippen LogP contribution in [-0.2, 0) is 6.54 Å². The van der Waals surface area contributed by atoms with E-state index in [9.17, 15) is 4.79 Å². The fourth-order valence-electron chi connectivity index (χ4n) is 1.72. The van der Waals surface area contributed by atoms with Gasteiger partial charge in [0.15, 0.2) is 0 Å². The van der Waals surface area contributed by atoms with Crippen molar-refractivity contribution in [1.82, 2.24) is 15.5 Å². The molecule has 1 aliphatic carbocycles. The Labute approximate surface area is 103 Å². The molecule has 1 aliphatic rings. The van der Waals surface area contributed by atoms with Crippen LogP contribution >= 0.6 is 11.3 Å². The van der Waals surface area contributed by atoms with Crippen molar-refractivity contribution in [2.45, 2.75) is 25.3 Å². The van der Waals surface area contributed by atoms with Crippen molar-refractivity contribution in [3.63, 3.8) is 0 Å². The number of aromatic amines is 1. The molecule has 2 heterocycles. The Bertz CT molecular complexity index is 514. The van der Waals surface area contributed by atoms with Gasteiger partial charge in [0.25, 0.3) is 5.91 Å². The third kappa shape index (κ3) is 2.39. The third-order valence-electron chi connectivity index (χ3n) is 2.88. The van der Waals surface area contributed by atoms with Crippen molar-refractivity contribution in [1.29, 1.82) is 0 Å². The summed E-state index contributed by atoms with van der Waals surface area (Å²) in [7, 11) is 0. The maximum Gasteiger partial charge on any atom is 0.272 e. The smallest absolute Gasteiger partial charge is 0.272 e. The molecule has 2 aromatic heterocycles. The molecule has 3 rings (SSSR count). The Morgan fingerprint density at radius 1 is 1.59 bits per heavy atom. The summed E-state index contributed by atoms with van der Waals surface area (Å²) in [6.07, 6.45) is 2.41. The first-order chi connectivity index (χ1) is 8.33. The highest BCUT2D eigenvalue weighted by molar-refractivity contribution is 7.07. The molecule has 17 heavy (non-hydrogen) atoms. The van der Waals surface area contributed by atoms with E-state index in [1.54, 1.807) is 11.3 Å². The maximum atomic E-state index is 11.8. The number of amides is 1. The van der Waals surface area contributed by atoms with Gasteiger partial charge in [-0.15, -0.1) is 0 Å². The molecular formula is C12H13N3OS. The van der Waals surface area contributed by atoms with Crippen molar-refractivity contribution in [3.8, 4) is 0 Å². The summed E-state index contributed by atoms with van der Waals surface area (Å²) in [6, 6.07) is 3.87. The zero-order valence-electron chi connectivity index (χ0n) is 9.27. The third-order valence-corrected chi connectivity index (χ3v) is 3.61. The van der Waals surface area contributed by atoms with E-state index in [0.717, 1.165) is 11.3 Å². The first-order valence-corrected chi connectivity index (χ1v) is 6.62. The van der Waals surface area contributed by atoms with E-state index < -0.39 is 0 Å². The molecule has 88 valence electrons. The molecule has 0 radical (unpaired) electrons. The summed E-state index contributed by atoms with van der Waals surface area (Å²) in [6.45, 7) is 0.563. The molecule has 0 saturated heterocycles. The largest absolute Gasteiger partial charge is 0.347 e. The second-order valence-corrected chi connectivity index (χ2v) is 5.08. The van der Waals surface area contributed by atoms with Crippen LogP contribution in [0.1, 0.15) is 40.5 Å². The van der Waals surface area contributed by atoms with Gasteiger partial charge < -0.3 is 5.32 Å². The van der Waals surface area contributed by atoms with Gasteiger partial charge in [0.2, 0.25) is 0 Å². The van der Waals surface area contributed by atoms with Gasteiger partial charge in [-0.3, -0.25) is 9.89 Å². The van der Waals surface area contributed by atoms with Gasteiger partial charge >= 0.3 is 0 Å². The van der Waals surface area contributed by atoms with E-state index in [1.807, 2.05) is 22.9 Å². The molecule has 5 heteroatoms. The minimum absolute atomic E-state index is 0.112. The standard InChI is InChI=1S/C12H13N3OS/c16-12(13-6-8-3-4-17-7-8)11-5-10(14-15-11)9-1-2-9/h3-5,7,9H,1-2,6H2,(H,13,16)(H,14,15). The van der Waals surface area contributed by atoms with Crippen LogP contribution in [0.4, 0.5) is 0 Å². The molecular weight excluding hydrogens is 234 g/mol. The Kier molecular flexibility index (Phi) is 2.68. The van der Waals surface area contributed by atoms with Crippen LogP contribution in [0.25, 0.3) is 0 Å². The number of hydrogen-bond acceptors (Lipinski definition) is 3. The second-order valence-electron chi connectivity index (χ2n) is 4.30. The highest BCUT2D eigenvalue weighted by Crippen LogP contribution is 2.38. The summed E-state index contributed by atoms with van der Waals surface area (Å²) in [5.74, 6) is 0.486. The molecule has 0 atom stereocenters. The van der Waals surface area contributed by atoms with E-state index in [-0.39, 0.29) is 5.91 Å².